The van der Waals surface area contributed by atoms with E-state index >= 15 is 0 Å². The van der Waals surface area contributed by atoms with Crippen molar-refractivity contribution in [3.63, 3.8) is 0 Å². The van der Waals surface area contributed by atoms with E-state index in [1.165, 1.54) is 13.0 Å². The zero-order chi connectivity index (χ0) is 7.44. The molecular formula is C5H8N2O2. The van der Waals surface area contributed by atoms with Crippen molar-refractivity contribution in [1.82, 2.24) is 0 Å². The summed E-state index contributed by atoms with van der Waals surface area (Å²) in [6, 6.07) is 0. The van der Waals surface area contributed by atoms with Crippen LogP contribution >= 0.6 is 0 Å². The number of carbonyl (C=O) groups is 2. The van der Waals surface area contributed by atoms with Crippen LogP contribution in [0, 0.1) is 0 Å². The van der Waals surface area contributed by atoms with Gasteiger partial charge in [0.2, 0.25) is 0 Å². The number of amides is 2. The van der Waals surface area contributed by atoms with Crippen molar-refractivity contribution in [2.75, 3.05) is 0 Å². The third kappa shape index (κ3) is 1.94. The molecule has 0 aromatic heterocycles. The topological polar surface area (TPSA) is 86.2 Å². The molecular weight excluding hydrogens is 120 g/mol. The Morgan fingerprint density at radius 3 is 1.56 bits per heavy atom. The lowest BCUT2D eigenvalue weighted by molar-refractivity contribution is -0.120. The lowest BCUT2D eigenvalue weighted by atomic mass is 10.2. The summed E-state index contributed by atoms with van der Waals surface area (Å²) in [5.74, 6) is -1.57. The Morgan fingerprint density at radius 2 is 1.56 bits per heavy atom. The zero-order valence-electron chi connectivity index (χ0n) is 5.05. The van der Waals surface area contributed by atoms with Gasteiger partial charge in [-0.1, -0.05) is 6.08 Å². The van der Waals surface area contributed by atoms with Gasteiger partial charge in [-0.05, 0) is 6.92 Å². The molecule has 9 heavy (non-hydrogen) atoms. The Kier molecular flexibility index (Phi) is 2.44. The van der Waals surface area contributed by atoms with Crippen LogP contribution in [0.25, 0.3) is 0 Å². The molecule has 4 heteroatoms. The average molecular weight is 128 g/mol. The summed E-state index contributed by atoms with van der Waals surface area (Å²) in [6.45, 7) is 1.52. The summed E-state index contributed by atoms with van der Waals surface area (Å²) >= 11 is 0. The van der Waals surface area contributed by atoms with Crippen LogP contribution in [0.5, 0.6) is 0 Å². The van der Waals surface area contributed by atoms with E-state index in [1.807, 2.05) is 0 Å². The van der Waals surface area contributed by atoms with Crippen LogP contribution in [-0.4, -0.2) is 11.8 Å². The van der Waals surface area contributed by atoms with Crippen molar-refractivity contribution in [2.24, 2.45) is 11.5 Å². The number of hydrogen-bond donors (Lipinski definition) is 2. The summed E-state index contributed by atoms with van der Waals surface area (Å²) in [5, 5.41) is 0. The summed E-state index contributed by atoms with van der Waals surface area (Å²) in [4.78, 5) is 20.5. The molecule has 0 aliphatic carbocycles. The van der Waals surface area contributed by atoms with E-state index in [-0.39, 0.29) is 5.57 Å². The standard InChI is InChI=1S/C5H8N2O2/c1-2-3(4(6)8)5(7)9/h2H,1H3,(H2,6,8)(H2,7,9). The average Bonchev–Trinajstić information content (AvgIpc) is 1.64. The van der Waals surface area contributed by atoms with Crippen molar-refractivity contribution in [2.45, 2.75) is 6.92 Å². The molecule has 0 spiro atoms. The molecule has 0 heterocycles. The first-order chi connectivity index (χ1) is 4.09. The van der Waals surface area contributed by atoms with Crippen molar-refractivity contribution < 1.29 is 9.59 Å². The molecule has 4 nitrogen and oxygen atoms in total. The molecule has 0 saturated carbocycles. The Bertz CT molecular complexity index is 156. The number of nitrogens with two attached hydrogens (primary N) is 2. The highest BCUT2D eigenvalue weighted by atomic mass is 16.2. The van der Waals surface area contributed by atoms with Crippen molar-refractivity contribution >= 4 is 11.8 Å². The van der Waals surface area contributed by atoms with Gasteiger partial charge in [0.1, 0.15) is 0 Å². The van der Waals surface area contributed by atoms with Gasteiger partial charge >= 0.3 is 0 Å². The van der Waals surface area contributed by atoms with E-state index < -0.39 is 11.8 Å². The fraction of sp³-hybridized carbons (Fsp3) is 0.200. The lowest BCUT2D eigenvalue weighted by Crippen LogP contribution is -2.25. The Morgan fingerprint density at radius 1 is 1.22 bits per heavy atom. The van der Waals surface area contributed by atoms with Crippen LogP contribution < -0.4 is 11.5 Å². The minimum atomic E-state index is -0.787. The normalized spacial score (nSPS) is 8.11. The molecule has 0 saturated heterocycles. The van der Waals surface area contributed by atoms with Crippen LogP contribution in [0.15, 0.2) is 11.6 Å². The zero-order valence-corrected chi connectivity index (χ0v) is 5.05. The molecule has 50 valence electrons. The van der Waals surface area contributed by atoms with E-state index in [2.05, 4.69) is 0 Å². The van der Waals surface area contributed by atoms with Gasteiger partial charge in [-0.2, -0.15) is 0 Å². The van der Waals surface area contributed by atoms with Crippen LogP contribution in [0.3, 0.4) is 0 Å². The Hall–Kier alpha value is -1.32. The summed E-state index contributed by atoms with van der Waals surface area (Å²) in [7, 11) is 0. The first-order valence-electron chi connectivity index (χ1n) is 2.35. The van der Waals surface area contributed by atoms with Crippen molar-refractivity contribution in [3.8, 4) is 0 Å². The van der Waals surface area contributed by atoms with Gasteiger partial charge in [-0.25, -0.2) is 0 Å². The van der Waals surface area contributed by atoms with E-state index in [9.17, 15) is 9.59 Å². The minimum Gasteiger partial charge on any atom is -0.365 e. The molecule has 0 aliphatic heterocycles. The molecule has 0 fully saturated rings. The Balaban J connectivity index is 4.38. The van der Waals surface area contributed by atoms with Gasteiger partial charge in [0, 0.05) is 0 Å². The first kappa shape index (κ1) is 7.68. The number of primary amides is 2. The summed E-state index contributed by atoms with van der Waals surface area (Å²) < 4.78 is 0. The van der Waals surface area contributed by atoms with Crippen LogP contribution in [0.4, 0.5) is 0 Å². The van der Waals surface area contributed by atoms with E-state index in [1.54, 1.807) is 0 Å². The maximum atomic E-state index is 10.2. The van der Waals surface area contributed by atoms with Crippen molar-refractivity contribution in [1.29, 1.82) is 0 Å². The molecule has 2 amide bonds. The van der Waals surface area contributed by atoms with E-state index in [0.29, 0.717) is 0 Å². The SMILES string of the molecule is CC=C(C(N)=O)C(N)=O. The fourth-order valence-electron chi connectivity index (χ4n) is 0.406. The molecule has 0 atom stereocenters. The predicted octanol–water partition coefficient (Wildman–Crippen LogP) is -1.10. The maximum Gasteiger partial charge on any atom is 0.253 e. The quantitative estimate of drug-likeness (QED) is 0.281. The van der Waals surface area contributed by atoms with Crippen LogP contribution in [0.1, 0.15) is 6.92 Å². The van der Waals surface area contributed by atoms with Gasteiger partial charge in [0.25, 0.3) is 11.8 Å². The highest BCUT2D eigenvalue weighted by Gasteiger charge is 2.08. The second kappa shape index (κ2) is 2.86. The molecule has 4 N–H and O–H groups in total. The van der Waals surface area contributed by atoms with Crippen LogP contribution in [0.2, 0.25) is 0 Å². The third-order valence-corrected chi connectivity index (χ3v) is 0.820. The monoisotopic (exact) mass is 128 g/mol. The predicted molar refractivity (Wildman–Crippen MR) is 32.1 cm³/mol. The molecule has 0 radical (unpaired) electrons. The van der Waals surface area contributed by atoms with Crippen LogP contribution in [-0.2, 0) is 9.59 Å². The lowest BCUT2D eigenvalue weighted by Gasteiger charge is -1.92. The largest absolute Gasteiger partial charge is 0.365 e. The molecule has 0 bridgehead atoms. The second-order valence-corrected chi connectivity index (χ2v) is 1.43. The molecule has 0 unspecified atom stereocenters. The second-order valence-electron chi connectivity index (χ2n) is 1.43. The molecule has 0 rings (SSSR count). The number of hydrogen-bond acceptors (Lipinski definition) is 2. The van der Waals surface area contributed by atoms with Gasteiger partial charge in [-0.15, -0.1) is 0 Å². The smallest absolute Gasteiger partial charge is 0.253 e. The molecule has 0 aromatic carbocycles. The van der Waals surface area contributed by atoms with Crippen molar-refractivity contribution in [3.05, 3.63) is 11.6 Å². The highest BCUT2D eigenvalue weighted by Crippen LogP contribution is 1.88. The molecule has 0 aliphatic rings. The number of rotatable bonds is 2. The van der Waals surface area contributed by atoms with Gasteiger partial charge in [-0.3, -0.25) is 9.59 Å². The summed E-state index contributed by atoms with van der Waals surface area (Å²) in [6.07, 6.45) is 1.28. The van der Waals surface area contributed by atoms with Gasteiger partial charge in [0.05, 0.1) is 5.57 Å². The van der Waals surface area contributed by atoms with E-state index in [4.69, 9.17) is 11.5 Å². The maximum absolute atomic E-state index is 10.2. The first-order valence-corrected chi connectivity index (χ1v) is 2.35. The van der Waals surface area contributed by atoms with Gasteiger partial charge in [0.15, 0.2) is 0 Å². The highest BCUT2D eigenvalue weighted by molar-refractivity contribution is 6.17. The fourth-order valence-corrected chi connectivity index (χ4v) is 0.406. The van der Waals surface area contributed by atoms with E-state index in [0.717, 1.165) is 0 Å². The number of allylic oxidation sites excluding steroid dienone is 1. The number of carbonyl (C=O) groups excluding carboxylic acids is 2. The summed E-state index contributed by atoms with van der Waals surface area (Å²) in [5.41, 5.74) is 9.32. The minimum absolute atomic E-state index is 0.157. The third-order valence-electron chi connectivity index (χ3n) is 0.820. The Labute approximate surface area is 52.5 Å². The molecule has 0 aromatic rings. The van der Waals surface area contributed by atoms with Gasteiger partial charge < -0.3 is 11.5 Å².